The predicted octanol–water partition coefficient (Wildman–Crippen LogP) is 5.77. The van der Waals surface area contributed by atoms with Crippen molar-refractivity contribution in [2.24, 2.45) is 5.92 Å². The van der Waals surface area contributed by atoms with Gasteiger partial charge in [0.05, 0.1) is 22.4 Å². The van der Waals surface area contributed by atoms with Gasteiger partial charge in [-0.2, -0.15) is 0 Å². The fourth-order valence-corrected chi connectivity index (χ4v) is 3.61. The number of anilines is 1. The SMILES string of the molecule is CC(C)Cn1c(N)nc2ccc(-c3nc(C(C)(C)C)[nH]c3-c3ccc(F)cc3)cc21. The Balaban J connectivity index is 1.91. The van der Waals surface area contributed by atoms with E-state index in [-0.39, 0.29) is 11.2 Å². The maximum absolute atomic E-state index is 13.5. The summed E-state index contributed by atoms with van der Waals surface area (Å²) in [6.45, 7) is 11.5. The normalized spacial score (nSPS) is 12.2. The molecule has 6 heteroatoms. The number of hydrogen-bond acceptors (Lipinski definition) is 3. The molecule has 4 rings (SSSR count). The molecule has 30 heavy (non-hydrogen) atoms. The zero-order valence-corrected chi connectivity index (χ0v) is 18.1. The zero-order chi connectivity index (χ0) is 21.6. The smallest absolute Gasteiger partial charge is 0.201 e. The van der Waals surface area contributed by atoms with E-state index in [9.17, 15) is 4.39 Å². The second kappa shape index (κ2) is 7.27. The van der Waals surface area contributed by atoms with Gasteiger partial charge in [-0.05, 0) is 42.3 Å². The van der Waals surface area contributed by atoms with Crippen molar-refractivity contribution < 1.29 is 4.39 Å². The van der Waals surface area contributed by atoms with E-state index >= 15 is 0 Å². The van der Waals surface area contributed by atoms with Crippen LogP contribution in [0.2, 0.25) is 0 Å². The fraction of sp³-hybridized carbons (Fsp3) is 0.333. The average Bonchev–Trinajstić information content (AvgIpc) is 3.24. The molecule has 0 bridgehead atoms. The van der Waals surface area contributed by atoms with Gasteiger partial charge in [0, 0.05) is 23.1 Å². The summed E-state index contributed by atoms with van der Waals surface area (Å²) in [6.07, 6.45) is 0. The second-order valence-electron chi connectivity index (χ2n) is 9.24. The minimum atomic E-state index is -0.259. The molecule has 0 aliphatic heterocycles. The molecule has 0 atom stereocenters. The van der Waals surface area contributed by atoms with E-state index in [1.54, 1.807) is 12.1 Å². The zero-order valence-electron chi connectivity index (χ0n) is 18.1. The Morgan fingerprint density at radius 2 is 1.70 bits per heavy atom. The Morgan fingerprint density at radius 3 is 2.33 bits per heavy atom. The number of aromatic nitrogens is 4. The molecule has 0 saturated heterocycles. The van der Waals surface area contributed by atoms with Crippen LogP contribution >= 0.6 is 0 Å². The average molecular weight is 406 g/mol. The van der Waals surface area contributed by atoms with Crippen molar-refractivity contribution >= 4 is 17.0 Å². The summed E-state index contributed by atoms with van der Waals surface area (Å²) in [5.74, 6) is 1.59. The van der Waals surface area contributed by atoms with E-state index in [0.29, 0.717) is 11.9 Å². The Bertz CT molecular complexity index is 1190. The Morgan fingerprint density at radius 1 is 1.03 bits per heavy atom. The van der Waals surface area contributed by atoms with E-state index in [1.807, 2.05) is 12.1 Å². The first-order valence-corrected chi connectivity index (χ1v) is 10.3. The lowest BCUT2D eigenvalue weighted by atomic mass is 9.96. The number of nitrogens with one attached hydrogen (secondary N) is 1. The van der Waals surface area contributed by atoms with E-state index < -0.39 is 0 Å². The number of aromatic amines is 1. The van der Waals surface area contributed by atoms with Crippen LogP contribution in [0, 0.1) is 11.7 Å². The van der Waals surface area contributed by atoms with Crippen molar-refractivity contribution in [1.82, 2.24) is 19.5 Å². The lowest BCUT2D eigenvalue weighted by Gasteiger charge is -2.14. The molecule has 4 aromatic rings. The lowest BCUT2D eigenvalue weighted by molar-refractivity contribution is 0.538. The van der Waals surface area contributed by atoms with Crippen LogP contribution in [-0.4, -0.2) is 19.5 Å². The third-order valence-corrected chi connectivity index (χ3v) is 5.15. The molecule has 0 spiro atoms. The number of nitrogens with zero attached hydrogens (tertiary/aromatic N) is 3. The van der Waals surface area contributed by atoms with Crippen molar-refractivity contribution in [2.75, 3.05) is 5.73 Å². The molecule has 0 aliphatic rings. The molecule has 0 aliphatic carbocycles. The highest BCUT2D eigenvalue weighted by Crippen LogP contribution is 2.35. The van der Waals surface area contributed by atoms with E-state index in [4.69, 9.17) is 10.7 Å². The minimum absolute atomic E-state index is 0.152. The van der Waals surface area contributed by atoms with Gasteiger partial charge in [0.1, 0.15) is 11.6 Å². The first-order chi connectivity index (χ1) is 14.1. The van der Waals surface area contributed by atoms with Gasteiger partial charge in [-0.3, -0.25) is 0 Å². The largest absolute Gasteiger partial charge is 0.369 e. The third-order valence-electron chi connectivity index (χ3n) is 5.15. The highest BCUT2D eigenvalue weighted by Gasteiger charge is 2.23. The molecule has 2 heterocycles. The van der Waals surface area contributed by atoms with Gasteiger partial charge in [-0.1, -0.05) is 40.7 Å². The number of fused-ring (bicyclic) bond motifs is 1. The van der Waals surface area contributed by atoms with Crippen molar-refractivity contribution in [3.63, 3.8) is 0 Å². The summed E-state index contributed by atoms with van der Waals surface area (Å²) < 4.78 is 15.6. The van der Waals surface area contributed by atoms with Gasteiger partial charge < -0.3 is 15.3 Å². The van der Waals surface area contributed by atoms with Crippen LogP contribution in [0.1, 0.15) is 40.4 Å². The molecular weight excluding hydrogens is 377 g/mol. The highest BCUT2D eigenvalue weighted by molar-refractivity contribution is 5.87. The van der Waals surface area contributed by atoms with Crippen LogP contribution in [0.5, 0.6) is 0 Å². The maximum atomic E-state index is 13.5. The van der Waals surface area contributed by atoms with Gasteiger partial charge >= 0.3 is 0 Å². The molecule has 5 nitrogen and oxygen atoms in total. The molecule has 0 fully saturated rings. The highest BCUT2D eigenvalue weighted by atomic mass is 19.1. The summed E-state index contributed by atoms with van der Waals surface area (Å²) >= 11 is 0. The summed E-state index contributed by atoms with van der Waals surface area (Å²) in [5.41, 5.74) is 11.5. The molecule has 3 N–H and O–H groups in total. The van der Waals surface area contributed by atoms with Gasteiger partial charge in [0.25, 0.3) is 0 Å². The van der Waals surface area contributed by atoms with E-state index in [1.165, 1.54) is 12.1 Å². The Hall–Kier alpha value is -3.15. The molecule has 0 saturated carbocycles. The van der Waals surface area contributed by atoms with Crippen molar-refractivity contribution in [1.29, 1.82) is 0 Å². The van der Waals surface area contributed by atoms with Gasteiger partial charge in [0.2, 0.25) is 5.95 Å². The molecule has 2 aromatic carbocycles. The topological polar surface area (TPSA) is 72.5 Å². The van der Waals surface area contributed by atoms with Crippen LogP contribution in [0.3, 0.4) is 0 Å². The Labute approximate surface area is 176 Å². The van der Waals surface area contributed by atoms with Crippen molar-refractivity contribution in [2.45, 2.75) is 46.6 Å². The van der Waals surface area contributed by atoms with E-state index in [0.717, 1.165) is 45.9 Å². The third kappa shape index (κ3) is 3.70. The molecule has 156 valence electrons. The maximum Gasteiger partial charge on any atom is 0.201 e. The quantitative estimate of drug-likeness (QED) is 0.453. The van der Waals surface area contributed by atoms with Crippen molar-refractivity contribution in [3.05, 3.63) is 54.1 Å². The fourth-order valence-electron chi connectivity index (χ4n) is 3.61. The summed E-state index contributed by atoms with van der Waals surface area (Å²) in [4.78, 5) is 12.9. The number of nitrogens with two attached hydrogens (primary N) is 1. The first-order valence-electron chi connectivity index (χ1n) is 10.3. The first kappa shape index (κ1) is 20.1. The number of rotatable bonds is 4. The standard InChI is InChI=1S/C24H28FN5/c1-14(2)13-30-19-12-16(8-11-18(19)27-23(30)26)21-20(15-6-9-17(25)10-7-15)28-22(29-21)24(3,4)5/h6-12,14H,13H2,1-5H3,(H2,26,27)(H,28,29). The van der Waals surface area contributed by atoms with Gasteiger partial charge in [0.15, 0.2) is 0 Å². The molecule has 0 amide bonds. The lowest BCUT2D eigenvalue weighted by Crippen LogP contribution is -2.13. The Kier molecular flexibility index (Phi) is 4.88. The van der Waals surface area contributed by atoms with Gasteiger partial charge in [-0.25, -0.2) is 14.4 Å². The second-order valence-corrected chi connectivity index (χ2v) is 9.24. The number of imidazole rings is 2. The summed E-state index contributed by atoms with van der Waals surface area (Å²) in [7, 11) is 0. The summed E-state index contributed by atoms with van der Waals surface area (Å²) in [6, 6.07) is 12.6. The van der Waals surface area contributed by atoms with Crippen LogP contribution < -0.4 is 5.73 Å². The van der Waals surface area contributed by atoms with Crippen LogP contribution in [-0.2, 0) is 12.0 Å². The van der Waals surface area contributed by atoms with E-state index in [2.05, 4.69) is 55.2 Å². The van der Waals surface area contributed by atoms with Gasteiger partial charge in [-0.15, -0.1) is 0 Å². The van der Waals surface area contributed by atoms with Crippen molar-refractivity contribution in [3.8, 4) is 22.5 Å². The number of halogens is 1. The summed E-state index contributed by atoms with van der Waals surface area (Å²) in [5, 5.41) is 0. The number of H-pyrrole nitrogens is 1. The number of nitrogen functional groups attached to an aromatic ring is 1. The number of hydrogen-bond donors (Lipinski definition) is 2. The monoisotopic (exact) mass is 405 g/mol. The van der Waals surface area contributed by atoms with Crippen LogP contribution in [0.15, 0.2) is 42.5 Å². The molecular formula is C24H28FN5. The predicted molar refractivity (Wildman–Crippen MR) is 121 cm³/mol. The molecule has 0 unspecified atom stereocenters. The number of benzene rings is 2. The van der Waals surface area contributed by atoms with Crippen LogP contribution in [0.4, 0.5) is 10.3 Å². The molecule has 0 radical (unpaired) electrons. The van der Waals surface area contributed by atoms with Crippen LogP contribution in [0.25, 0.3) is 33.5 Å². The molecule has 2 aromatic heterocycles. The minimum Gasteiger partial charge on any atom is -0.369 e.